The minimum atomic E-state index is -0.131. The lowest BCUT2D eigenvalue weighted by Crippen LogP contribution is -2.01. The van der Waals surface area contributed by atoms with Crippen LogP contribution >= 0.6 is 0 Å². The van der Waals surface area contributed by atoms with E-state index < -0.39 is 0 Å². The molecule has 0 atom stereocenters. The van der Waals surface area contributed by atoms with E-state index in [0.29, 0.717) is 28.0 Å². The maximum absolute atomic E-state index is 12.1. The molecule has 0 aliphatic rings. The fraction of sp³-hybridized carbons (Fsp3) is 0.0625. The van der Waals surface area contributed by atoms with E-state index >= 15 is 0 Å². The molecule has 0 unspecified atom stereocenters. The lowest BCUT2D eigenvalue weighted by molar-refractivity contribution is 0.410. The number of benzene rings is 2. The van der Waals surface area contributed by atoms with Gasteiger partial charge in [0.25, 0.3) is 0 Å². The molecule has 0 bridgehead atoms. The van der Waals surface area contributed by atoms with Crippen molar-refractivity contribution in [1.82, 2.24) is 0 Å². The molecule has 100 valence electrons. The van der Waals surface area contributed by atoms with E-state index in [0.717, 1.165) is 0 Å². The Bertz CT molecular complexity index is 816. The van der Waals surface area contributed by atoms with E-state index in [4.69, 9.17) is 9.15 Å². The smallest absolute Gasteiger partial charge is 0.193 e. The quantitative estimate of drug-likeness (QED) is 0.775. The summed E-state index contributed by atoms with van der Waals surface area (Å²) in [5.41, 5.74) is 1.01. The Morgan fingerprint density at radius 1 is 1.10 bits per heavy atom. The predicted molar refractivity (Wildman–Crippen MR) is 76.1 cm³/mol. The van der Waals surface area contributed by atoms with Crippen molar-refractivity contribution in [3.05, 3.63) is 58.8 Å². The number of phenols is 1. The van der Waals surface area contributed by atoms with E-state index in [1.807, 2.05) is 0 Å². The van der Waals surface area contributed by atoms with Gasteiger partial charge >= 0.3 is 0 Å². The largest absolute Gasteiger partial charge is 0.508 e. The molecule has 4 heteroatoms. The van der Waals surface area contributed by atoms with Crippen molar-refractivity contribution in [2.75, 3.05) is 7.11 Å². The van der Waals surface area contributed by atoms with Gasteiger partial charge in [-0.2, -0.15) is 0 Å². The van der Waals surface area contributed by atoms with Crippen LogP contribution in [0.2, 0.25) is 0 Å². The molecule has 0 amide bonds. The van der Waals surface area contributed by atoms with Gasteiger partial charge in [0.1, 0.15) is 11.5 Å². The van der Waals surface area contributed by atoms with Crippen molar-refractivity contribution >= 4 is 11.0 Å². The first-order valence-corrected chi connectivity index (χ1v) is 6.09. The molecule has 20 heavy (non-hydrogen) atoms. The average molecular weight is 268 g/mol. The second-order valence-corrected chi connectivity index (χ2v) is 4.36. The molecule has 1 N–H and O–H groups in total. The van der Waals surface area contributed by atoms with Crippen molar-refractivity contribution < 1.29 is 14.3 Å². The van der Waals surface area contributed by atoms with Gasteiger partial charge in [-0.25, -0.2) is 0 Å². The van der Waals surface area contributed by atoms with Gasteiger partial charge in [0.05, 0.1) is 12.5 Å². The highest BCUT2D eigenvalue weighted by Gasteiger charge is 2.10. The van der Waals surface area contributed by atoms with Gasteiger partial charge in [-0.1, -0.05) is 6.07 Å². The van der Waals surface area contributed by atoms with Crippen LogP contribution < -0.4 is 10.2 Å². The number of hydrogen-bond donors (Lipinski definition) is 1. The lowest BCUT2D eigenvalue weighted by atomic mass is 10.1. The first-order valence-electron chi connectivity index (χ1n) is 6.09. The van der Waals surface area contributed by atoms with Crippen LogP contribution in [0.15, 0.2) is 57.7 Å². The van der Waals surface area contributed by atoms with Crippen LogP contribution in [-0.2, 0) is 0 Å². The average Bonchev–Trinajstić information content (AvgIpc) is 2.47. The Balaban J connectivity index is 2.28. The Kier molecular flexibility index (Phi) is 2.91. The predicted octanol–water partition coefficient (Wildman–Crippen LogP) is 3.17. The Morgan fingerprint density at radius 2 is 1.85 bits per heavy atom. The van der Waals surface area contributed by atoms with Crippen molar-refractivity contribution in [1.29, 1.82) is 0 Å². The van der Waals surface area contributed by atoms with Gasteiger partial charge in [-0.3, -0.25) is 4.79 Å². The summed E-state index contributed by atoms with van der Waals surface area (Å²) >= 11 is 0. The summed E-state index contributed by atoms with van der Waals surface area (Å²) in [4.78, 5) is 12.1. The number of fused-ring (bicyclic) bond motifs is 1. The van der Waals surface area contributed by atoms with E-state index in [9.17, 15) is 9.90 Å². The highest BCUT2D eigenvalue weighted by Crippen LogP contribution is 2.28. The van der Waals surface area contributed by atoms with Crippen LogP contribution in [0.5, 0.6) is 11.5 Å². The van der Waals surface area contributed by atoms with Gasteiger partial charge < -0.3 is 14.3 Å². The summed E-state index contributed by atoms with van der Waals surface area (Å²) < 4.78 is 11.0. The van der Waals surface area contributed by atoms with Gasteiger partial charge in [-0.15, -0.1) is 0 Å². The molecule has 1 heterocycles. The summed E-state index contributed by atoms with van der Waals surface area (Å²) in [6.45, 7) is 0. The molecule has 0 saturated heterocycles. The van der Waals surface area contributed by atoms with Crippen LogP contribution in [0.3, 0.4) is 0 Å². The third kappa shape index (κ3) is 2.01. The number of para-hydroxylation sites is 1. The number of ether oxygens (including phenoxy) is 1. The summed E-state index contributed by atoms with van der Waals surface area (Å²) in [6, 6.07) is 13.1. The Morgan fingerprint density at radius 3 is 2.55 bits per heavy atom. The lowest BCUT2D eigenvalue weighted by Gasteiger charge is -2.06. The minimum absolute atomic E-state index is 0.131. The van der Waals surface area contributed by atoms with E-state index in [1.165, 1.54) is 13.2 Å². The zero-order valence-corrected chi connectivity index (χ0v) is 10.8. The molecule has 1 aromatic heterocycles. The normalized spacial score (nSPS) is 10.7. The summed E-state index contributed by atoms with van der Waals surface area (Å²) in [5, 5.41) is 9.78. The van der Waals surface area contributed by atoms with Crippen LogP contribution in [0.25, 0.3) is 22.3 Å². The highest BCUT2D eigenvalue weighted by molar-refractivity contribution is 5.84. The second-order valence-electron chi connectivity index (χ2n) is 4.36. The van der Waals surface area contributed by atoms with E-state index in [-0.39, 0.29) is 11.2 Å². The molecule has 0 spiro atoms. The fourth-order valence-corrected chi connectivity index (χ4v) is 2.08. The molecule has 0 fully saturated rings. The van der Waals surface area contributed by atoms with Gasteiger partial charge in [0.2, 0.25) is 0 Å². The van der Waals surface area contributed by atoms with Gasteiger partial charge in [-0.05, 0) is 36.4 Å². The summed E-state index contributed by atoms with van der Waals surface area (Å²) in [5.74, 6) is 1.11. The standard InChI is InChI=1S/C16H12O4/c1-19-14-4-2-3-12-13(18)9-15(20-16(12)14)10-5-7-11(17)8-6-10/h2-9,17H,1H3. The molecule has 3 rings (SSSR count). The number of hydrogen-bond acceptors (Lipinski definition) is 4. The second kappa shape index (κ2) is 4.74. The molecule has 2 aromatic carbocycles. The molecule has 0 radical (unpaired) electrons. The Labute approximate surface area is 114 Å². The van der Waals surface area contributed by atoms with Crippen LogP contribution in [0, 0.1) is 0 Å². The van der Waals surface area contributed by atoms with Crippen molar-refractivity contribution in [3.8, 4) is 22.8 Å². The monoisotopic (exact) mass is 268 g/mol. The maximum Gasteiger partial charge on any atom is 0.193 e. The zero-order valence-electron chi connectivity index (χ0n) is 10.8. The van der Waals surface area contributed by atoms with Gasteiger partial charge in [0.15, 0.2) is 16.8 Å². The first-order chi connectivity index (χ1) is 9.69. The zero-order chi connectivity index (χ0) is 14.1. The molecule has 3 aromatic rings. The van der Waals surface area contributed by atoms with Crippen LogP contribution in [0.1, 0.15) is 0 Å². The Hall–Kier alpha value is -2.75. The first kappa shape index (κ1) is 12.3. The van der Waals surface area contributed by atoms with Gasteiger partial charge in [0, 0.05) is 11.6 Å². The topological polar surface area (TPSA) is 59.7 Å². The number of aromatic hydroxyl groups is 1. The van der Waals surface area contributed by atoms with E-state index in [2.05, 4.69) is 0 Å². The van der Waals surface area contributed by atoms with Crippen molar-refractivity contribution in [3.63, 3.8) is 0 Å². The summed E-state index contributed by atoms with van der Waals surface area (Å²) in [6.07, 6.45) is 0. The molecule has 0 saturated carbocycles. The SMILES string of the molecule is COc1cccc2c(=O)cc(-c3ccc(O)cc3)oc12. The third-order valence-electron chi connectivity index (χ3n) is 3.09. The van der Waals surface area contributed by atoms with Crippen LogP contribution in [-0.4, -0.2) is 12.2 Å². The number of rotatable bonds is 2. The van der Waals surface area contributed by atoms with Crippen molar-refractivity contribution in [2.45, 2.75) is 0 Å². The summed E-state index contributed by atoms with van der Waals surface area (Å²) in [7, 11) is 1.53. The van der Waals surface area contributed by atoms with Crippen LogP contribution in [0.4, 0.5) is 0 Å². The third-order valence-corrected chi connectivity index (χ3v) is 3.09. The molecule has 4 nitrogen and oxygen atoms in total. The molecular weight excluding hydrogens is 256 g/mol. The maximum atomic E-state index is 12.1. The molecule has 0 aliphatic heterocycles. The molecular formula is C16H12O4. The molecule has 0 aliphatic carbocycles. The highest BCUT2D eigenvalue weighted by atomic mass is 16.5. The number of methoxy groups -OCH3 is 1. The fourth-order valence-electron chi connectivity index (χ4n) is 2.08. The number of phenolic OH excluding ortho intramolecular Hbond substituents is 1. The van der Waals surface area contributed by atoms with Crippen molar-refractivity contribution in [2.24, 2.45) is 0 Å². The minimum Gasteiger partial charge on any atom is -0.508 e. The van der Waals surface area contributed by atoms with E-state index in [1.54, 1.807) is 42.5 Å².